The molecule has 3 unspecified atom stereocenters. The number of nitrogens with zero attached hydrogens (tertiary/aromatic N) is 1. The summed E-state index contributed by atoms with van der Waals surface area (Å²) in [6.07, 6.45) is 1.04. The Hall–Kier alpha value is -0.770. The molecule has 2 heterocycles. The van der Waals surface area contributed by atoms with Gasteiger partial charge in [-0.1, -0.05) is 0 Å². The van der Waals surface area contributed by atoms with Crippen LogP contribution in [0.15, 0.2) is 0 Å². The number of carbonyl (C=O) groups excluding carboxylic acids is 1. The lowest BCUT2D eigenvalue weighted by Crippen LogP contribution is -2.55. The molecule has 4 heteroatoms. The Morgan fingerprint density at radius 1 is 1.54 bits per heavy atom. The summed E-state index contributed by atoms with van der Waals surface area (Å²) in [7, 11) is 0. The Kier molecular flexibility index (Phi) is 2.15. The molecule has 0 radical (unpaired) electrons. The molecule has 2 rings (SSSR count). The lowest BCUT2D eigenvalue weighted by Gasteiger charge is -2.46. The standard InChI is InChI=1S/C9H16N2O2/c1-6-3-7(2)11(6)5-8-4-10-9(12)13-8/h6-8H,3-5H2,1-2H3,(H,10,12). The van der Waals surface area contributed by atoms with E-state index in [2.05, 4.69) is 24.1 Å². The van der Waals surface area contributed by atoms with Crippen LogP contribution in [-0.4, -0.2) is 42.3 Å². The molecule has 13 heavy (non-hydrogen) atoms. The highest BCUT2D eigenvalue weighted by atomic mass is 16.6. The molecule has 2 aliphatic heterocycles. The van der Waals surface area contributed by atoms with E-state index in [1.807, 2.05) is 0 Å². The number of ether oxygens (including phenoxy) is 1. The van der Waals surface area contributed by atoms with Gasteiger partial charge in [0.05, 0.1) is 6.54 Å². The summed E-state index contributed by atoms with van der Waals surface area (Å²) in [5.74, 6) is 0. The monoisotopic (exact) mass is 184 g/mol. The molecule has 2 aliphatic rings. The summed E-state index contributed by atoms with van der Waals surface area (Å²) in [6, 6.07) is 1.30. The van der Waals surface area contributed by atoms with Crippen LogP contribution >= 0.6 is 0 Å². The minimum Gasteiger partial charge on any atom is -0.443 e. The van der Waals surface area contributed by atoms with Gasteiger partial charge < -0.3 is 10.1 Å². The molecule has 0 aromatic heterocycles. The molecule has 2 saturated heterocycles. The van der Waals surface area contributed by atoms with E-state index in [4.69, 9.17) is 4.74 Å². The van der Waals surface area contributed by atoms with Gasteiger partial charge in [-0.3, -0.25) is 4.90 Å². The van der Waals surface area contributed by atoms with Crippen molar-refractivity contribution in [2.24, 2.45) is 0 Å². The zero-order valence-electron chi connectivity index (χ0n) is 8.12. The van der Waals surface area contributed by atoms with Crippen molar-refractivity contribution in [2.45, 2.75) is 38.5 Å². The quantitative estimate of drug-likeness (QED) is 0.682. The molecule has 0 bridgehead atoms. The van der Waals surface area contributed by atoms with Crippen LogP contribution in [-0.2, 0) is 4.74 Å². The Morgan fingerprint density at radius 3 is 2.69 bits per heavy atom. The van der Waals surface area contributed by atoms with E-state index in [0.29, 0.717) is 18.6 Å². The second-order valence-corrected chi connectivity index (χ2v) is 4.04. The van der Waals surface area contributed by atoms with Gasteiger partial charge in [0.1, 0.15) is 6.10 Å². The van der Waals surface area contributed by atoms with Crippen LogP contribution in [0.25, 0.3) is 0 Å². The van der Waals surface area contributed by atoms with Gasteiger partial charge in [-0.2, -0.15) is 0 Å². The molecule has 2 fully saturated rings. The van der Waals surface area contributed by atoms with Crippen molar-refractivity contribution < 1.29 is 9.53 Å². The number of amides is 1. The van der Waals surface area contributed by atoms with Crippen LogP contribution in [0, 0.1) is 0 Å². The minimum absolute atomic E-state index is 0.0534. The second kappa shape index (κ2) is 3.18. The fourth-order valence-corrected chi connectivity index (χ4v) is 2.19. The van der Waals surface area contributed by atoms with Crippen molar-refractivity contribution >= 4 is 6.09 Å². The van der Waals surface area contributed by atoms with E-state index in [0.717, 1.165) is 6.54 Å². The predicted octanol–water partition coefficient (Wildman–Crippen LogP) is 0.577. The number of alkyl carbamates (subject to hydrolysis) is 1. The fraction of sp³-hybridized carbons (Fsp3) is 0.889. The molecule has 1 N–H and O–H groups in total. The van der Waals surface area contributed by atoms with Crippen molar-refractivity contribution in [3.05, 3.63) is 0 Å². The highest BCUT2D eigenvalue weighted by molar-refractivity contribution is 5.69. The third-order valence-electron chi connectivity index (χ3n) is 2.98. The second-order valence-electron chi connectivity index (χ2n) is 4.04. The molecular formula is C9H16N2O2. The van der Waals surface area contributed by atoms with Crippen molar-refractivity contribution in [1.82, 2.24) is 10.2 Å². The van der Waals surface area contributed by atoms with Crippen molar-refractivity contribution in [3.8, 4) is 0 Å². The third-order valence-corrected chi connectivity index (χ3v) is 2.98. The topological polar surface area (TPSA) is 41.6 Å². The number of hydrogen-bond acceptors (Lipinski definition) is 3. The first-order valence-electron chi connectivity index (χ1n) is 4.87. The Balaban J connectivity index is 1.81. The molecule has 0 aromatic rings. The number of carbonyl (C=O) groups is 1. The van der Waals surface area contributed by atoms with E-state index in [-0.39, 0.29) is 12.2 Å². The lowest BCUT2D eigenvalue weighted by atomic mass is 9.95. The van der Waals surface area contributed by atoms with Gasteiger partial charge in [-0.15, -0.1) is 0 Å². The third kappa shape index (κ3) is 1.63. The highest BCUT2D eigenvalue weighted by Crippen LogP contribution is 2.25. The molecule has 0 saturated carbocycles. The number of nitrogens with one attached hydrogen (secondary N) is 1. The summed E-state index contributed by atoms with van der Waals surface area (Å²) >= 11 is 0. The first-order chi connectivity index (χ1) is 6.16. The predicted molar refractivity (Wildman–Crippen MR) is 48.5 cm³/mol. The van der Waals surface area contributed by atoms with Crippen molar-refractivity contribution in [2.75, 3.05) is 13.1 Å². The van der Waals surface area contributed by atoms with Crippen LogP contribution in [0.4, 0.5) is 4.79 Å². The molecule has 0 aliphatic carbocycles. The van der Waals surface area contributed by atoms with E-state index in [1.54, 1.807) is 0 Å². The largest absolute Gasteiger partial charge is 0.443 e. The Bertz CT molecular complexity index is 212. The number of rotatable bonds is 2. The smallest absolute Gasteiger partial charge is 0.407 e. The summed E-state index contributed by atoms with van der Waals surface area (Å²) in [6.45, 7) is 5.96. The van der Waals surface area contributed by atoms with Gasteiger partial charge >= 0.3 is 6.09 Å². The number of likely N-dealkylation sites (tertiary alicyclic amines) is 1. The van der Waals surface area contributed by atoms with Crippen LogP contribution in [0.2, 0.25) is 0 Å². The molecular weight excluding hydrogens is 168 g/mol. The maximum absolute atomic E-state index is 10.8. The lowest BCUT2D eigenvalue weighted by molar-refractivity contribution is 0.00162. The van der Waals surface area contributed by atoms with Gasteiger partial charge in [0.2, 0.25) is 0 Å². The van der Waals surface area contributed by atoms with E-state index in [1.165, 1.54) is 6.42 Å². The van der Waals surface area contributed by atoms with E-state index < -0.39 is 0 Å². The van der Waals surface area contributed by atoms with Crippen LogP contribution in [0.1, 0.15) is 20.3 Å². The van der Waals surface area contributed by atoms with Gasteiger partial charge in [0.25, 0.3) is 0 Å². The van der Waals surface area contributed by atoms with Gasteiger partial charge in [-0.25, -0.2) is 4.79 Å². The summed E-state index contributed by atoms with van der Waals surface area (Å²) in [5, 5.41) is 2.66. The normalized spacial score (nSPS) is 39.5. The van der Waals surface area contributed by atoms with Crippen molar-refractivity contribution in [1.29, 1.82) is 0 Å². The Labute approximate surface area is 78.2 Å². The average Bonchev–Trinajstić information content (AvgIpc) is 2.48. The maximum Gasteiger partial charge on any atom is 0.407 e. The minimum atomic E-state index is -0.272. The molecule has 4 nitrogen and oxygen atoms in total. The molecule has 0 spiro atoms. The first kappa shape index (κ1) is 8.81. The fourth-order valence-electron chi connectivity index (χ4n) is 2.19. The maximum atomic E-state index is 10.8. The average molecular weight is 184 g/mol. The van der Waals surface area contributed by atoms with E-state index in [9.17, 15) is 4.79 Å². The molecule has 3 atom stereocenters. The first-order valence-corrected chi connectivity index (χ1v) is 4.87. The molecule has 74 valence electrons. The van der Waals surface area contributed by atoms with Crippen molar-refractivity contribution in [3.63, 3.8) is 0 Å². The highest BCUT2D eigenvalue weighted by Gasteiger charge is 2.35. The summed E-state index contributed by atoms with van der Waals surface area (Å²) in [5.41, 5.74) is 0. The number of hydrogen-bond donors (Lipinski definition) is 1. The van der Waals surface area contributed by atoms with E-state index >= 15 is 0 Å². The zero-order valence-corrected chi connectivity index (χ0v) is 8.12. The number of cyclic esters (lactones) is 1. The zero-order chi connectivity index (χ0) is 9.42. The summed E-state index contributed by atoms with van der Waals surface area (Å²) < 4.78 is 5.07. The van der Waals surface area contributed by atoms with Crippen LogP contribution in [0.5, 0.6) is 0 Å². The molecule has 1 amide bonds. The SMILES string of the molecule is CC1CC(C)N1CC1CNC(=O)O1. The Morgan fingerprint density at radius 2 is 2.23 bits per heavy atom. The van der Waals surface area contributed by atoms with Gasteiger partial charge in [-0.05, 0) is 20.3 Å². The van der Waals surface area contributed by atoms with Gasteiger partial charge in [0.15, 0.2) is 0 Å². The summed E-state index contributed by atoms with van der Waals surface area (Å²) in [4.78, 5) is 13.1. The molecule has 0 aromatic carbocycles. The van der Waals surface area contributed by atoms with Crippen LogP contribution in [0.3, 0.4) is 0 Å². The van der Waals surface area contributed by atoms with Crippen LogP contribution < -0.4 is 5.32 Å². The van der Waals surface area contributed by atoms with Gasteiger partial charge in [0, 0.05) is 18.6 Å².